The number of carbonyl (C=O) groups excluding carboxylic acids is 1. The van der Waals surface area contributed by atoms with Crippen LogP contribution in [0.25, 0.3) is 5.57 Å². The van der Waals surface area contributed by atoms with E-state index in [1.54, 1.807) is 13.2 Å². The molecule has 0 bridgehead atoms. The van der Waals surface area contributed by atoms with Crippen molar-refractivity contribution in [1.82, 2.24) is 4.90 Å². The van der Waals surface area contributed by atoms with Crippen LogP contribution in [0.5, 0.6) is 5.75 Å². The summed E-state index contributed by atoms with van der Waals surface area (Å²) in [5, 5.41) is 0. The number of fused-ring (bicyclic) bond motifs is 1. The van der Waals surface area contributed by atoms with Crippen molar-refractivity contribution in [1.29, 1.82) is 0 Å². The molecule has 0 atom stereocenters. The first-order chi connectivity index (χ1) is 12.1. The van der Waals surface area contributed by atoms with Gasteiger partial charge in [0.25, 0.3) is 5.91 Å². The number of hydrogen-bond acceptors (Lipinski definition) is 3. The van der Waals surface area contributed by atoms with Crippen LogP contribution < -0.4 is 9.64 Å². The van der Waals surface area contributed by atoms with Crippen LogP contribution in [0.4, 0.5) is 5.69 Å². The number of benzene rings is 2. The average molecular weight is 336 g/mol. The van der Waals surface area contributed by atoms with Gasteiger partial charge in [0, 0.05) is 37.0 Å². The van der Waals surface area contributed by atoms with Crippen molar-refractivity contribution in [2.24, 2.45) is 0 Å². The number of nitrogens with zero attached hydrogens (tertiary/aromatic N) is 2. The highest BCUT2D eigenvalue weighted by Crippen LogP contribution is 2.28. The highest BCUT2D eigenvalue weighted by molar-refractivity contribution is 6.06. The second-order valence-electron chi connectivity index (χ2n) is 6.38. The number of methoxy groups -OCH3 is 1. The molecule has 25 heavy (non-hydrogen) atoms. The summed E-state index contributed by atoms with van der Waals surface area (Å²) in [5.74, 6) is 0.784. The molecule has 3 rings (SSSR count). The summed E-state index contributed by atoms with van der Waals surface area (Å²) in [7, 11) is 3.73. The first-order valence-electron chi connectivity index (χ1n) is 8.50. The molecule has 0 unspecified atom stereocenters. The van der Waals surface area contributed by atoms with Crippen molar-refractivity contribution < 1.29 is 9.53 Å². The number of para-hydroxylation sites is 2. The normalized spacial score (nSPS) is 15.5. The molecular weight excluding hydrogens is 312 g/mol. The van der Waals surface area contributed by atoms with Gasteiger partial charge in [0.2, 0.25) is 0 Å². The topological polar surface area (TPSA) is 32.8 Å². The highest BCUT2D eigenvalue weighted by atomic mass is 16.5. The second kappa shape index (κ2) is 7.53. The lowest BCUT2D eigenvalue weighted by Crippen LogP contribution is -2.34. The maximum atomic E-state index is 13.0. The van der Waals surface area contributed by atoms with E-state index in [4.69, 9.17) is 4.74 Å². The Kier molecular flexibility index (Phi) is 5.19. The summed E-state index contributed by atoms with van der Waals surface area (Å²) in [6.45, 7) is 4.34. The predicted octanol–water partition coefficient (Wildman–Crippen LogP) is 3.58. The van der Waals surface area contributed by atoms with E-state index in [1.165, 1.54) is 5.56 Å². The van der Waals surface area contributed by atoms with Crippen LogP contribution in [0.15, 0.2) is 54.6 Å². The maximum Gasteiger partial charge on any atom is 0.251 e. The van der Waals surface area contributed by atoms with Gasteiger partial charge in [-0.15, -0.1) is 0 Å². The summed E-state index contributed by atoms with van der Waals surface area (Å²) in [6.07, 6.45) is 1.71. The van der Waals surface area contributed by atoms with Crippen LogP contribution in [0.1, 0.15) is 18.1 Å². The molecule has 130 valence electrons. The van der Waals surface area contributed by atoms with Crippen LogP contribution in [0, 0.1) is 0 Å². The fourth-order valence-electron chi connectivity index (χ4n) is 3.21. The molecular formula is C21H24N2O2. The molecule has 0 N–H and O–H groups in total. The minimum Gasteiger partial charge on any atom is -0.496 e. The Morgan fingerprint density at radius 2 is 1.80 bits per heavy atom. The largest absolute Gasteiger partial charge is 0.496 e. The van der Waals surface area contributed by atoms with Crippen LogP contribution in [0.2, 0.25) is 0 Å². The molecule has 2 aromatic carbocycles. The third-order valence-corrected chi connectivity index (χ3v) is 4.57. The van der Waals surface area contributed by atoms with Crippen molar-refractivity contribution in [3.63, 3.8) is 0 Å². The third-order valence-electron chi connectivity index (χ3n) is 4.57. The van der Waals surface area contributed by atoms with Gasteiger partial charge in [-0.25, -0.2) is 0 Å². The van der Waals surface area contributed by atoms with Gasteiger partial charge in [0.15, 0.2) is 0 Å². The Labute approximate surface area is 149 Å². The summed E-state index contributed by atoms with van der Waals surface area (Å²) < 4.78 is 5.41. The third kappa shape index (κ3) is 3.74. The molecule has 4 heteroatoms. The molecule has 2 aromatic rings. The fraction of sp³-hybridized carbons (Fsp3) is 0.286. The SMILES string of the molecule is COc1ccccc1/C(C)=C/C(=O)N1CCN(C)Cc2ccccc21. The van der Waals surface area contributed by atoms with Crippen LogP contribution in [-0.2, 0) is 11.3 Å². The molecule has 4 nitrogen and oxygen atoms in total. The van der Waals surface area contributed by atoms with E-state index in [0.717, 1.165) is 35.7 Å². The zero-order valence-corrected chi connectivity index (χ0v) is 15.0. The molecule has 0 aromatic heterocycles. The lowest BCUT2D eigenvalue weighted by Gasteiger charge is -2.21. The van der Waals surface area contributed by atoms with E-state index in [2.05, 4.69) is 18.0 Å². The predicted molar refractivity (Wildman–Crippen MR) is 102 cm³/mol. The number of hydrogen-bond donors (Lipinski definition) is 0. The lowest BCUT2D eigenvalue weighted by atomic mass is 10.1. The summed E-state index contributed by atoms with van der Waals surface area (Å²) in [5.41, 5.74) is 4.02. The molecule has 0 fully saturated rings. The summed E-state index contributed by atoms with van der Waals surface area (Å²) >= 11 is 0. The smallest absolute Gasteiger partial charge is 0.251 e. The zero-order valence-electron chi connectivity index (χ0n) is 15.0. The van der Waals surface area contributed by atoms with E-state index in [9.17, 15) is 4.79 Å². The molecule has 1 amide bonds. The molecule has 1 heterocycles. The van der Waals surface area contributed by atoms with Gasteiger partial charge >= 0.3 is 0 Å². The number of anilines is 1. The quantitative estimate of drug-likeness (QED) is 0.803. The number of carbonyl (C=O) groups is 1. The molecule has 0 spiro atoms. The Morgan fingerprint density at radius 3 is 2.60 bits per heavy atom. The average Bonchev–Trinajstić information content (AvgIpc) is 2.79. The maximum absolute atomic E-state index is 13.0. The van der Waals surface area contributed by atoms with E-state index < -0.39 is 0 Å². The minimum absolute atomic E-state index is 0.00570. The molecule has 0 aliphatic carbocycles. The van der Waals surface area contributed by atoms with Crippen molar-refractivity contribution in [2.45, 2.75) is 13.5 Å². The molecule has 0 radical (unpaired) electrons. The number of amides is 1. The molecule has 1 aliphatic heterocycles. The number of allylic oxidation sites excluding steroid dienone is 1. The number of likely N-dealkylation sites (N-methyl/N-ethyl adjacent to an activating group) is 1. The summed E-state index contributed by atoms with van der Waals surface area (Å²) in [4.78, 5) is 17.1. The number of rotatable bonds is 3. The van der Waals surface area contributed by atoms with E-state index in [1.807, 2.05) is 54.3 Å². The van der Waals surface area contributed by atoms with Gasteiger partial charge < -0.3 is 14.5 Å². The zero-order chi connectivity index (χ0) is 17.8. The standard InChI is InChI=1S/C21H24N2O2/c1-16(18-9-5-7-11-20(18)25-3)14-21(24)23-13-12-22(2)15-17-8-4-6-10-19(17)23/h4-11,14H,12-13,15H2,1-3H3/b16-14+. The van der Waals surface area contributed by atoms with E-state index in [0.29, 0.717) is 6.54 Å². The van der Waals surface area contributed by atoms with Crippen LogP contribution >= 0.6 is 0 Å². The first-order valence-corrected chi connectivity index (χ1v) is 8.50. The van der Waals surface area contributed by atoms with Gasteiger partial charge in [-0.1, -0.05) is 36.4 Å². The monoisotopic (exact) mass is 336 g/mol. The minimum atomic E-state index is 0.00570. The second-order valence-corrected chi connectivity index (χ2v) is 6.38. The van der Waals surface area contributed by atoms with Gasteiger partial charge in [0.1, 0.15) is 5.75 Å². The van der Waals surface area contributed by atoms with Crippen molar-refractivity contribution >= 4 is 17.2 Å². The van der Waals surface area contributed by atoms with E-state index >= 15 is 0 Å². The Balaban J connectivity index is 1.92. The number of ether oxygens (including phenoxy) is 1. The van der Waals surface area contributed by atoms with Crippen LogP contribution in [0.3, 0.4) is 0 Å². The highest BCUT2D eigenvalue weighted by Gasteiger charge is 2.21. The Morgan fingerprint density at radius 1 is 1.08 bits per heavy atom. The fourth-order valence-corrected chi connectivity index (χ4v) is 3.21. The molecule has 0 saturated carbocycles. The van der Waals surface area contributed by atoms with Crippen molar-refractivity contribution in [3.05, 3.63) is 65.7 Å². The van der Waals surface area contributed by atoms with Crippen molar-refractivity contribution in [2.75, 3.05) is 32.1 Å². The molecule has 0 saturated heterocycles. The van der Waals surface area contributed by atoms with Gasteiger partial charge in [-0.2, -0.15) is 0 Å². The van der Waals surface area contributed by atoms with Crippen LogP contribution in [-0.4, -0.2) is 38.1 Å². The first kappa shape index (κ1) is 17.2. The van der Waals surface area contributed by atoms with Gasteiger partial charge in [-0.05, 0) is 37.2 Å². The van der Waals surface area contributed by atoms with Crippen molar-refractivity contribution in [3.8, 4) is 5.75 Å². The molecule has 1 aliphatic rings. The summed E-state index contributed by atoms with van der Waals surface area (Å²) in [6, 6.07) is 15.9. The van der Waals surface area contributed by atoms with Gasteiger partial charge in [0.05, 0.1) is 7.11 Å². The lowest BCUT2D eigenvalue weighted by molar-refractivity contribution is -0.114. The van der Waals surface area contributed by atoms with E-state index in [-0.39, 0.29) is 5.91 Å². The Hall–Kier alpha value is -2.59. The van der Waals surface area contributed by atoms with Gasteiger partial charge in [-0.3, -0.25) is 4.79 Å². The Bertz CT molecular complexity index is 798.